The highest BCUT2D eigenvalue weighted by Crippen LogP contribution is 2.14. The van der Waals surface area contributed by atoms with Crippen LogP contribution < -0.4 is 10.6 Å². The van der Waals surface area contributed by atoms with Crippen molar-refractivity contribution in [1.82, 2.24) is 20.1 Å². The Morgan fingerprint density at radius 1 is 1.21 bits per heavy atom. The van der Waals surface area contributed by atoms with E-state index in [4.69, 9.17) is 10.00 Å². The average Bonchev–Trinajstić information content (AvgIpc) is 2.64. The van der Waals surface area contributed by atoms with Crippen molar-refractivity contribution in [3.8, 4) is 6.07 Å². The molecular weight excluding hydrogens is 306 g/mol. The highest BCUT2D eigenvalue weighted by atomic mass is 16.5. The third-order valence-corrected chi connectivity index (χ3v) is 3.66. The van der Waals surface area contributed by atoms with E-state index >= 15 is 0 Å². The lowest BCUT2D eigenvalue weighted by molar-refractivity contribution is 0.0398. The zero-order valence-corrected chi connectivity index (χ0v) is 13.3. The molecule has 0 unspecified atom stereocenters. The highest BCUT2D eigenvalue weighted by Gasteiger charge is 2.09. The van der Waals surface area contributed by atoms with Gasteiger partial charge in [0.25, 0.3) is 0 Å². The number of aromatic nitrogens is 3. The van der Waals surface area contributed by atoms with Crippen LogP contribution in [-0.4, -0.2) is 59.5 Å². The monoisotopic (exact) mass is 325 g/mol. The van der Waals surface area contributed by atoms with Gasteiger partial charge in [0.05, 0.1) is 31.0 Å². The summed E-state index contributed by atoms with van der Waals surface area (Å²) in [5, 5.41) is 23.1. The number of nitrogens with zero attached hydrogens (tertiary/aromatic N) is 5. The Morgan fingerprint density at radius 2 is 2.00 bits per heavy atom. The maximum absolute atomic E-state index is 8.81. The Kier molecular flexibility index (Phi) is 5.50. The normalized spacial score (nSPS) is 14.8. The first-order valence-electron chi connectivity index (χ1n) is 7.84. The second kappa shape index (κ2) is 8.19. The van der Waals surface area contributed by atoms with Crippen molar-refractivity contribution in [3.63, 3.8) is 0 Å². The predicted octanol–water partition coefficient (Wildman–Crippen LogP) is 1.23. The molecule has 0 saturated carbocycles. The molecule has 0 aliphatic carbocycles. The van der Waals surface area contributed by atoms with Crippen LogP contribution in [0.1, 0.15) is 5.56 Å². The van der Waals surface area contributed by atoms with Gasteiger partial charge >= 0.3 is 0 Å². The molecule has 0 atom stereocenters. The largest absolute Gasteiger partial charge is 0.379 e. The van der Waals surface area contributed by atoms with Crippen molar-refractivity contribution in [2.75, 3.05) is 50.0 Å². The van der Waals surface area contributed by atoms with Gasteiger partial charge in [-0.05, 0) is 24.3 Å². The van der Waals surface area contributed by atoms with Crippen LogP contribution in [0.5, 0.6) is 0 Å². The maximum Gasteiger partial charge on any atom is 0.244 e. The summed E-state index contributed by atoms with van der Waals surface area (Å²) >= 11 is 0. The lowest BCUT2D eigenvalue weighted by Gasteiger charge is -2.26. The molecule has 1 aliphatic heterocycles. The molecule has 0 spiro atoms. The van der Waals surface area contributed by atoms with Crippen molar-refractivity contribution >= 4 is 17.5 Å². The van der Waals surface area contributed by atoms with Gasteiger partial charge in [0.15, 0.2) is 5.82 Å². The van der Waals surface area contributed by atoms with Gasteiger partial charge in [0, 0.05) is 31.9 Å². The van der Waals surface area contributed by atoms with Crippen LogP contribution >= 0.6 is 0 Å². The number of ether oxygens (including phenoxy) is 1. The van der Waals surface area contributed by atoms with Crippen LogP contribution in [0.3, 0.4) is 0 Å². The third kappa shape index (κ3) is 4.62. The van der Waals surface area contributed by atoms with E-state index in [1.54, 1.807) is 18.3 Å². The van der Waals surface area contributed by atoms with Gasteiger partial charge in [-0.15, -0.1) is 5.10 Å². The predicted molar refractivity (Wildman–Crippen MR) is 90.0 cm³/mol. The van der Waals surface area contributed by atoms with Gasteiger partial charge in [-0.3, -0.25) is 4.90 Å². The van der Waals surface area contributed by atoms with E-state index in [2.05, 4.69) is 36.8 Å². The topological polar surface area (TPSA) is 99.0 Å². The quantitative estimate of drug-likeness (QED) is 0.818. The Balaban J connectivity index is 1.52. The van der Waals surface area contributed by atoms with Crippen molar-refractivity contribution in [1.29, 1.82) is 5.26 Å². The first-order valence-corrected chi connectivity index (χ1v) is 7.84. The van der Waals surface area contributed by atoms with Crippen molar-refractivity contribution in [3.05, 3.63) is 36.0 Å². The molecule has 8 nitrogen and oxygen atoms in total. The number of hydrogen-bond acceptors (Lipinski definition) is 8. The first kappa shape index (κ1) is 16.1. The van der Waals surface area contributed by atoms with Gasteiger partial charge in [-0.1, -0.05) is 0 Å². The van der Waals surface area contributed by atoms with E-state index < -0.39 is 0 Å². The first-order chi connectivity index (χ1) is 11.8. The summed E-state index contributed by atoms with van der Waals surface area (Å²) in [6.45, 7) is 5.17. The molecule has 1 aromatic carbocycles. The Hall–Kier alpha value is -2.76. The number of anilines is 3. The molecule has 2 aromatic rings. The van der Waals surface area contributed by atoms with Crippen LogP contribution in [0.2, 0.25) is 0 Å². The smallest absolute Gasteiger partial charge is 0.244 e. The summed E-state index contributed by atoms with van der Waals surface area (Å²) < 4.78 is 5.33. The second-order valence-electron chi connectivity index (χ2n) is 5.36. The van der Waals surface area contributed by atoms with Crippen LogP contribution in [0.4, 0.5) is 17.5 Å². The molecule has 0 bridgehead atoms. The SMILES string of the molecule is N#Cc1ccc(Nc2cnnc(NCCN3CCOCC3)n2)cc1. The average molecular weight is 325 g/mol. The Labute approximate surface area is 140 Å². The highest BCUT2D eigenvalue weighted by molar-refractivity contribution is 5.57. The minimum absolute atomic E-state index is 0.488. The molecule has 1 aliphatic rings. The molecule has 8 heteroatoms. The molecule has 1 aromatic heterocycles. The summed E-state index contributed by atoms with van der Waals surface area (Å²) in [5.41, 5.74) is 1.46. The number of nitriles is 1. The minimum Gasteiger partial charge on any atom is -0.379 e. The Morgan fingerprint density at radius 3 is 2.75 bits per heavy atom. The minimum atomic E-state index is 0.488. The summed E-state index contributed by atoms with van der Waals surface area (Å²) in [4.78, 5) is 6.73. The fourth-order valence-corrected chi connectivity index (χ4v) is 2.37. The number of nitrogens with one attached hydrogen (secondary N) is 2. The zero-order chi connectivity index (χ0) is 16.6. The molecular formula is C16H19N7O. The lowest BCUT2D eigenvalue weighted by atomic mass is 10.2. The third-order valence-electron chi connectivity index (χ3n) is 3.66. The summed E-state index contributed by atoms with van der Waals surface area (Å²) in [6, 6.07) is 9.24. The zero-order valence-electron chi connectivity index (χ0n) is 13.3. The number of morpholine rings is 1. The number of benzene rings is 1. The van der Waals surface area contributed by atoms with Gasteiger partial charge in [-0.25, -0.2) is 0 Å². The summed E-state index contributed by atoms with van der Waals surface area (Å²) in [6.07, 6.45) is 1.56. The summed E-state index contributed by atoms with van der Waals surface area (Å²) in [7, 11) is 0. The van der Waals surface area contributed by atoms with Crippen LogP contribution in [-0.2, 0) is 4.74 Å². The molecule has 24 heavy (non-hydrogen) atoms. The van der Waals surface area contributed by atoms with E-state index in [1.807, 2.05) is 12.1 Å². The summed E-state index contributed by atoms with van der Waals surface area (Å²) in [5.74, 6) is 1.09. The lowest BCUT2D eigenvalue weighted by Crippen LogP contribution is -2.39. The van der Waals surface area contributed by atoms with E-state index in [-0.39, 0.29) is 0 Å². The standard InChI is InChI=1S/C16H19N7O/c17-11-13-1-3-14(4-2-13)20-15-12-19-22-16(21-15)18-5-6-23-7-9-24-10-8-23/h1-4,12H,5-10H2,(H2,18,20,21,22). The van der Waals surface area contributed by atoms with E-state index in [9.17, 15) is 0 Å². The molecule has 124 valence electrons. The number of rotatable bonds is 6. The van der Waals surface area contributed by atoms with Crippen molar-refractivity contribution in [2.45, 2.75) is 0 Å². The molecule has 2 heterocycles. The molecule has 0 radical (unpaired) electrons. The van der Waals surface area contributed by atoms with E-state index in [1.165, 1.54) is 0 Å². The molecule has 1 fully saturated rings. The second-order valence-corrected chi connectivity index (χ2v) is 5.36. The van der Waals surface area contributed by atoms with Gasteiger partial charge in [0.1, 0.15) is 0 Å². The molecule has 0 amide bonds. The van der Waals surface area contributed by atoms with Gasteiger partial charge in [0.2, 0.25) is 5.95 Å². The van der Waals surface area contributed by atoms with Crippen molar-refractivity contribution < 1.29 is 4.74 Å². The fraction of sp³-hybridized carbons (Fsp3) is 0.375. The maximum atomic E-state index is 8.81. The van der Waals surface area contributed by atoms with E-state index in [0.29, 0.717) is 17.3 Å². The number of hydrogen-bond donors (Lipinski definition) is 2. The Bertz CT molecular complexity index is 692. The molecule has 2 N–H and O–H groups in total. The molecule has 1 saturated heterocycles. The van der Waals surface area contributed by atoms with Crippen LogP contribution in [0.25, 0.3) is 0 Å². The fourth-order valence-electron chi connectivity index (χ4n) is 2.37. The van der Waals surface area contributed by atoms with Gasteiger partial charge < -0.3 is 15.4 Å². The van der Waals surface area contributed by atoms with Gasteiger partial charge in [-0.2, -0.15) is 15.3 Å². The molecule has 3 rings (SSSR count). The van der Waals surface area contributed by atoms with Crippen LogP contribution in [0, 0.1) is 11.3 Å². The van der Waals surface area contributed by atoms with Crippen LogP contribution in [0.15, 0.2) is 30.5 Å². The van der Waals surface area contributed by atoms with Crippen molar-refractivity contribution in [2.24, 2.45) is 0 Å². The van der Waals surface area contributed by atoms with E-state index in [0.717, 1.165) is 45.1 Å².